The molecule has 14 heavy (non-hydrogen) atoms. The molecule has 0 fully saturated rings. The quantitative estimate of drug-likeness (QED) is 0.594. The van der Waals surface area contributed by atoms with E-state index in [0.717, 1.165) is 6.42 Å². The van der Waals surface area contributed by atoms with E-state index < -0.39 is 12.6 Å². The number of hydrogen-bond acceptors (Lipinski definition) is 0. The predicted molar refractivity (Wildman–Crippen MR) is 53.0 cm³/mol. The highest BCUT2D eigenvalue weighted by Crippen LogP contribution is 2.26. The molecule has 0 unspecified atom stereocenters. The highest BCUT2D eigenvalue weighted by atomic mass is 19.4. The van der Waals surface area contributed by atoms with Crippen LogP contribution in [-0.2, 0) is 0 Å². The highest BCUT2D eigenvalue weighted by Gasteiger charge is 2.27. The Kier molecular flexibility index (Phi) is 5.58. The minimum Gasteiger partial charge on any atom is -0.171 e. The molecule has 0 rings (SSSR count). The monoisotopic (exact) mass is 206 g/mol. The van der Waals surface area contributed by atoms with E-state index in [2.05, 4.69) is 0 Å². The lowest BCUT2D eigenvalue weighted by Gasteiger charge is -2.09. The van der Waals surface area contributed by atoms with Crippen LogP contribution in [-0.4, -0.2) is 6.18 Å². The fourth-order valence-corrected chi connectivity index (χ4v) is 1.10. The molecule has 0 aliphatic heterocycles. The first-order valence-electron chi connectivity index (χ1n) is 4.79. The second-order valence-electron chi connectivity index (χ2n) is 3.42. The summed E-state index contributed by atoms with van der Waals surface area (Å²) in [4.78, 5) is 0. The molecule has 1 atom stereocenters. The van der Waals surface area contributed by atoms with Gasteiger partial charge in [-0.1, -0.05) is 38.5 Å². The third-order valence-corrected chi connectivity index (χ3v) is 1.93. The van der Waals surface area contributed by atoms with Gasteiger partial charge in [0.25, 0.3) is 0 Å². The van der Waals surface area contributed by atoms with Gasteiger partial charge in [-0.05, 0) is 18.4 Å². The van der Waals surface area contributed by atoms with Gasteiger partial charge in [-0.15, -0.1) is 0 Å². The Morgan fingerprint density at radius 3 is 2.29 bits per heavy atom. The molecule has 0 aromatic carbocycles. The first-order chi connectivity index (χ1) is 6.39. The van der Waals surface area contributed by atoms with E-state index in [1.807, 2.05) is 13.8 Å². The highest BCUT2D eigenvalue weighted by molar-refractivity contribution is 5.19. The van der Waals surface area contributed by atoms with Gasteiger partial charge in [0.2, 0.25) is 0 Å². The molecular formula is C11H17F3. The molecule has 82 valence electrons. The molecule has 0 aromatic rings. The van der Waals surface area contributed by atoms with Crippen molar-refractivity contribution in [3.63, 3.8) is 0 Å². The summed E-state index contributed by atoms with van der Waals surface area (Å²) >= 11 is 0. The van der Waals surface area contributed by atoms with Gasteiger partial charge in [0.05, 0.1) is 6.42 Å². The van der Waals surface area contributed by atoms with Crippen molar-refractivity contribution in [1.82, 2.24) is 0 Å². The van der Waals surface area contributed by atoms with Crippen LogP contribution in [0.25, 0.3) is 0 Å². The summed E-state index contributed by atoms with van der Waals surface area (Å²) in [7, 11) is 0. The van der Waals surface area contributed by atoms with Crippen molar-refractivity contribution < 1.29 is 13.2 Å². The number of allylic oxidation sites excluding steroid dienone is 4. The van der Waals surface area contributed by atoms with Crippen LogP contribution in [0.15, 0.2) is 23.8 Å². The molecular weight excluding hydrogens is 189 g/mol. The summed E-state index contributed by atoms with van der Waals surface area (Å²) in [6, 6.07) is 0. The van der Waals surface area contributed by atoms with Crippen LogP contribution >= 0.6 is 0 Å². The zero-order valence-corrected chi connectivity index (χ0v) is 8.86. The van der Waals surface area contributed by atoms with E-state index in [0.29, 0.717) is 5.57 Å². The standard InChI is InChI=1S/C11H17F3/c1-4-6-10(7-9(3)5-2)8-11(12,13)14/h4,6-7,9H,5,8H2,1-3H3/b6-4+,10-7+/t9-/m1/s1. The third-order valence-electron chi connectivity index (χ3n) is 1.93. The van der Waals surface area contributed by atoms with Gasteiger partial charge in [0.1, 0.15) is 0 Å². The normalized spacial score (nSPS) is 16.3. The SMILES string of the molecule is C/C=C/C(=C\[C@H](C)CC)CC(F)(F)F. The number of halogens is 3. The Morgan fingerprint density at radius 1 is 1.36 bits per heavy atom. The van der Waals surface area contributed by atoms with Crippen LogP contribution in [0, 0.1) is 5.92 Å². The van der Waals surface area contributed by atoms with E-state index in [9.17, 15) is 13.2 Å². The fourth-order valence-electron chi connectivity index (χ4n) is 1.10. The van der Waals surface area contributed by atoms with Gasteiger partial charge in [-0.2, -0.15) is 13.2 Å². The van der Waals surface area contributed by atoms with Crippen LogP contribution in [0.2, 0.25) is 0 Å². The first-order valence-corrected chi connectivity index (χ1v) is 4.79. The summed E-state index contributed by atoms with van der Waals surface area (Å²) < 4.78 is 36.3. The molecule has 0 bridgehead atoms. The average molecular weight is 206 g/mol. The summed E-state index contributed by atoms with van der Waals surface area (Å²) in [5, 5.41) is 0. The molecule has 0 aromatic heterocycles. The lowest BCUT2D eigenvalue weighted by molar-refractivity contribution is -0.126. The van der Waals surface area contributed by atoms with Gasteiger partial charge in [-0.3, -0.25) is 0 Å². The van der Waals surface area contributed by atoms with E-state index in [1.165, 1.54) is 6.08 Å². The lowest BCUT2D eigenvalue weighted by atomic mass is 10.0. The second-order valence-corrected chi connectivity index (χ2v) is 3.42. The van der Waals surface area contributed by atoms with Gasteiger partial charge < -0.3 is 0 Å². The molecule has 0 aliphatic carbocycles. The molecule has 0 heterocycles. The van der Waals surface area contributed by atoms with Crippen LogP contribution in [0.3, 0.4) is 0 Å². The van der Waals surface area contributed by atoms with Gasteiger partial charge in [0, 0.05) is 0 Å². The lowest BCUT2D eigenvalue weighted by Crippen LogP contribution is -2.08. The summed E-state index contributed by atoms with van der Waals surface area (Å²) in [5.74, 6) is 0.198. The summed E-state index contributed by atoms with van der Waals surface area (Å²) in [6.07, 6.45) is 0.770. The Bertz CT molecular complexity index is 211. The Morgan fingerprint density at radius 2 is 1.93 bits per heavy atom. The van der Waals surface area contributed by atoms with Crippen molar-refractivity contribution in [3.05, 3.63) is 23.8 Å². The maximum Gasteiger partial charge on any atom is 0.393 e. The zero-order chi connectivity index (χ0) is 11.2. The van der Waals surface area contributed by atoms with Crippen molar-refractivity contribution in [1.29, 1.82) is 0 Å². The number of rotatable bonds is 4. The molecule has 3 heteroatoms. The first kappa shape index (κ1) is 13.3. The summed E-state index contributed by atoms with van der Waals surface area (Å²) in [5.41, 5.74) is 0.356. The molecule has 0 spiro atoms. The largest absolute Gasteiger partial charge is 0.393 e. The van der Waals surface area contributed by atoms with Crippen molar-refractivity contribution in [2.24, 2.45) is 5.92 Å². The molecule has 0 radical (unpaired) electrons. The fraction of sp³-hybridized carbons (Fsp3) is 0.636. The Labute approximate surface area is 83.5 Å². The van der Waals surface area contributed by atoms with Crippen LogP contribution < -0.4 is 0 Å². The van der Waals surface area contributed by atoms with E-state index in [1.54, 1.807) is 19.1 Å². The van der Waals surface area contributed by atoms with Gasteiger partial charge >= 0.3 is 6.18 Å². The number of hydrogen-bond donors (Lipinski definition) is 0. The van der Waals surface area contributed by atoms with Gasteiger partial charge in [-0.25, -0.2) is 0 Å². The molecule has 0 aliphatic rings. The maximum atomic E-state index is 12.1. The minimum atomic E-state index is -4.11. The van der Waals surface area contributed by atoms with E-state index in [-0.39, 0.29) is 5.92 Å². The van der Waals surface area contributed by atoms with Crippen LogP contribution in [0.5, 0.6) is 0 Å². The van der Waals surface area contributed by atoms with Crippen molar-refractivity contribution in [3.8, 4) is 0 Å². The van der Waals surface area contributed by atoms with Gasteiger partial charge in [0.15, 0.2) is 0 Å². The second kappa shape index (κ2) is 5.89. The molecule has 0 saturated heterocycles. The Hall–Kier alpha value is -0.730. The van der Waals surface area contributed by atoms with E-state index >= 15 is 0 Å². The van der Waals surface area contributed by atoms with Crippen molar-refractivity contribution in [2.75, 3.05) is 0 Å². The Balaban J connectivity index is 4.52. The van der Waals surface area contributed by atoms with Crippen LogP contribution in [0.1, 0.15) is 33.6 Å². The molecule has 0 nitrogen and oxygen atoms in total. The maximum absolute atomic E-state index is 12.1. The average Bonchev–Trinajstić information content (AvgIpc) is 2.01. The number of alkyl halides is 3. The van der Waals surface area contributed by atoms with Crippen molar-refractivity contribution >= 4 is 0 Å². The van der Waals surface area contributed by atoms with Crippen LogP contribution in [0.4, 0.5) is 13.2 Å². The van der Waals surface area contributed by atoms with Crippen molar-refractivity contribution in [2.45, 2.75) is 39.8 Å². The predicted octanol–water partition coefficient (Wildman–Crippen LogP) is 4.49. The van der Waals surface area contributed by atoms with E-state index in [4.69, 9.17) is 0 Å². The molecule has 0 amide bonds. The minimum absolute atomic E-state index is 0.198. The third kappa shape index (κ3) is 6.75. The molecule has 0 saturated carbocycles. The summed E-state index contributed by atoms with van der Waals surface area (Å²) in [6.45, 7) is 5.60. The topological polar surface area (TPSA) is 0 Å². The smallest absolute Gasteiger partial charge is 0.171 e. The zero-order valence-electron chi connectivity index (χ0n) is 8.86. The molecule has 0 N–H and O–H groups in total.